The molecule has 0 spiro atoms. The van der Waals surface area contributed by atoms with E-state index in [-0.39, 0.29) is 11.3 Å². The Balaban J connectivity index is 1.74. The van der Waals surface area contributed by atoms with Crippen molar-refractivity contribution in [3.63, 3.8) is 0 Å². The van der Waals surface area contributed by atoms with Crippen LogP contribution in [0.2, 0.25) is 0 Å². The largest absolute Gasteiger partial charge is 0.342 e. The predicted molar refractivity (Wildman–Crippen MR) is 104 cm³/mol. The average Bonchev–Trinajstić information content (AvgIpc) is 3.11. The molecule has 0 N–H and O–H groups in total. The summed E-state index contributed by atoms with van der Waals surface area (Å²) in [6, 6.07) is 8.58. The molecule has 26 heavy (non-hydrogen) atoms. The van der Waals surface area contributed by atoms with Crippen LogP contribution in [0.5, 0.6) is 0 Å². The van der Waals surface area contributed by atoms with E-state index < -0.39 is 0 Å². The van der Waals surface area contributed by atoms with Crippen molar-refractivity contribution in [3.05, 3.63) is 36.2 Å². The second kappa shape index (κ2) is 7.22. The molecule has 0 radical (unpaired) electrons. The van der Waals surface area contributed by atoms with Gasteiger partial charge in [-0.2, -0.15) is 5.10 Å². The van der Waals surface area contributed by atoms with Gasteiger partial charge in [-0.25, -0.2) is 0 Å². The van der Waals surface area contributed by atoms with Gasteiger partial charge in [0.1, 0.15) is 0 Å². The SMILES string of the molecule is CC(C)n1nccc1-c1cccc(C2CCN(C(=O)C(C)(C)C)CC2)n1. The van der Waals surface area contributed by atoms with E-state index in [0.717, 1.165) is 43.0 Å². The maximum Gasteiger partial charge on any atom is 0.227 e. The number of hydrogen-bond acceptors (Lipinski definition) is 3. The summed E-state index contributed by atoms with van der Waals surface area (Å²) in [6.07, 6.45) is 3.78. The smallest absolute Gasteiger partial charge is 0.227 e. The van der Waals surface area contributed by atoms with Crippen LogP contribution in [0.3, 0.4) is 0 Å². The minimum atomic E-state index is -0.305. The predicted octanol–water partition coefficient (Wildman–Crippen LogP) is 4.28. The third-order valence-corrected chi connectivity index (χ3v) is 5.03. The molecule has 3 rings (SSSR count). The standard InChI is InChI=1S/C21H30N4O/c1-15(2)25-19(9-12-22-25)18-8-6-7-17(23-18)16-10-13-24(14-11-16)20(26)21(3,4)5/h6-9,12,15-16H,10-11,13-14H2,1-5H3. The molecule has 0 unspecified atom stereocenters. The van der Waals surface area contributed by atoms with Crippen LogP contribution >= 0.6 is 0 Å². The number of rotatable bonds is 3. The molecule has 0 atom stereocenters. The number of hydrogen-bond donors (Lipinski definition) is 0. The van der Waals surface area contributed by atoms with E-state index in [1.165, 1.54) is 0 Å². The number of carbonyl (C=O) groups is 1. The topological polar surface area (TPSA) is 51.0 Å². The lowest BCUT2D eigenvalue weighted by Gasteiger charge is -2.35. The van der Waals surface area contributed by atoms with Gasteiger partial charge in [0.2, 0.25) is 5.91 Å². The van der Waals surface area contributed by atoms with Crippen LogP contribution in [0.4, 0.5) is 0 Å². The van der Waals surface area contributed by atoms with Gasteiger partial charge in [-0.15, -0.1) is 0 Å². The molecule has 1 amide bonds. The molecular formula is C21H30N4O. The first-order valence-electron chi connectivity index (χ1n) is 9.57. The van der Waals surface area contributed by atoms with Gasteiger partial charge in [-0.3, -0.25) is 14.5 Å². The van der Waals surface area contributed by atoms with Crippen molar-refractivity contribution in [2.45, 2.75) is 59.4 Å². The monoisotopic (exact) mass is 354 g/mol. The number of likely N-dealkylation sites (tertiary alicyclic amines) is 1. The second-order valence-corrected chi connectivity index (χ2v) is 8.52. The van der Waals surface area contributed by atoms with Gasteiger partial charge in [0, 0.05) is 42.4 Å². The average molecular weight is 354 g/mol. The van der Waals surface area contributed by atoms with Crippen molar-refractivity contribution in [1.82, 2.24) is 19.7 Å². The van der Waals surface area contributed by atoms with Crippen LogP contribution in [-0.2, 0) is 4.79 Å². The molecule has 2 aromatic rings. The third-order valence-electron chi connectivity index (χ3n) is 5.03. The van der Waals surface area contributed by atoms with Crippen LogP contribution < -0.4 is 0 Å². The van der Waals surface area contributed by atoms with Crippen molar-refractivity contribution in [2.75, 3.05) is 13.1 Å². The van der Waals surface area contributed by atoms with Crippen molar-refractivity contribution in [1.29, 1.82) is 0 Å². The Morgan fingerprint density at radius 1 is 1.15 bits per heavy atom. The first-order valence-corrected chi connectivity index (χ1v) is 9.57. The zero-order valence-corrected chi connectivity index (χ0v) is 16.6. The molecule has 0 saturated carbocycles. The summed E-state index contributed by atoms with van der Waals surface area (Å²) in [5.41, 5.74) is 2.85. The highest BCUT2D eigenvalue weighted by molar-refractivity contribution is 5.81. The fourth-order valence-electron chi connectivity index (χ4n) is 3.60. The molecule has 0 aromatic carbocycles. The Hall–Kier alpha value is -2.17. The van der Waals surface area contributed by atoms with Gasteiger partial charge < -0.3 is 4.90 Å². The van der Waals surface area contributed by atoms with E-state index in [2.05, 4.69) is 37.1 Å². The summed E-state index contributed by atoms with van der Waals surface area (Å²) in [5, 5.41) is 4.42. The molecule has 0 aliphatic carbocycles. The maximum atomic E-state index is 12.5. The molecular weight excluding hydrogens is 324 g/mol. The lowest BCUT2D eigenvalue weighted by atomic mass is 9.89. The summed E-state index contributed by atoms with van der Waals surface area (Å²) < 4.78 is 2.01. The fourth-order valence-corrected chi connectivity index (χ4v) is 3.60. The van der Waals surface area contributed by atoms with E-state index in [1.807, 2.05) is 42.6 Å². The normalized spacial score (nSPS) is 16.3. The maximum absolute atomic E-state index is 12.5. The number of carbonyl (C=O) groups excluding carboxylic acids is 1. The van der Waals surface area contributed by atoms with Crippen LogP contribution in [-0.4, -0.2) is 38.7 Å². The lowest BCUT2D eigenvalue weighted by molar-refractivity contribution is -0.140. The first-order chi connectivity index (χ1) is 12.3. The van der Waals surface area contributed by atoms with E-state index in [1.54, 1.807) is 0 Å². The second-order valence-electron chi connectivity index (χ2n) is 8.52. The molecule has 1 aliphatic heterocycles. The Morgan fingerprint density at radius 3 is 2.46 bits per heavy atom. The Labute approximate surface area is 156 Å². The van der Waals surface area contributed by atoms with Gasteiger partial charge in [0.05, 0.1) is 11.4 Å². The Bertz CT molecular complexity index is 764. The highest BCUT2D eigenvalue weighted by Gasteiger charge is 2.31. The van der Waals surface area contributed by atoms with Crippen LogP contribution in [0.25, 0.3) is 11.4 Å². The minimum Gasteiger partial charge on any atom is -0.342 e. The van der Waals surface area contributed by atoms with Gasteiger partial charge in [0.25, 0.3) is 0 Å². The van der Waals surface area contributed by atoms with Crippen LogP contribution in [0, 0.1) is 5.41 Å². The van der Waals surface area contributed by atoms with Crippen molar-refractivity contribution in [2.24, 2.45) is 5.41 Å². The molecule has 140 valence electrons. The molecule has 1 aliphatic rings. The van der Waals surface area contributed by atoms with Gasteiger partial charge in [0.15, 0.2) is 0 Å². The van der Waals surface area contributed by atoms with E-state index in [4.69, 9.17) is 4.98 Å². The van der Waals surface area contributed by atoms with Crippen LogP contribution in [0.1, 0.15) is 65.1 Å². The highest BCUT2D eigenvalue weighted by atomic mass is 16.2. The summed E-state index contributed by atoms with van der Waals surface area (Å²) in [4.78, 5) is 19.4. The quantitative estimate of drug-likeness (QED) is 0.827. The van der Waals surface area contributed by atoms with Crippen LogP contribution in [0.15, 0.2) is 30.5 Å². The summed E-state index contributed by atoms with van der Waals surface area (Å²) in [7, 11) is 0. The molecule has 5 heteroatoms. The summed E-state index contributed by atoms with van der Waals surface area (Å²) in [6.45, 7) is 11.9. The lowest BCUT2D eigenvalue weighted by Crippen LogP contribution is -2.43. The van der Waals surface area contributed by atoms with Gasteiger partial charge in [-0.05, 0) is 44.9 Å². The molecule has 5 nitrogen and oxygen atoms in total. The number of pyridine rings is 1. The summed E-state index contributed by atoms with van der Waals surface area (Å²) in [5.74, 6) is 0.660. The molecule has 3 heterocycles. The molecule has 0 bridgehead atoms. The Morgan fingerprint density at radius 2 is 1.85 bits per heavy atom. The third kappa shape index (κ3) is 3.81. The van der Waals surface area contributed by atoms with Crippen molar-refractivity contribution < 1.29 is 4.79 Å². The zero-order chi connectivity index (χ0) is 18.9. The number of nitrogens with zero attached hydrogens (tertiary/aromatic N) is 4. The van der Waals surface area contributed by atoms with E-state index in [0.29, 0.717) is 12.0 Å². The zero-order valence-electron chi connectivity index (χ0n) is 16.6. The first kappa shape index (κ1) is 18.6. The fraction of sp³-hybridized carbons (Fsp3) is 0.571. The molecule has 1 fully saturated rings. The number of piperidine rings is 1. The van der Waals surface area contributed by atoms with Crippen molar-refractivity contribution >= 4 is 5.91 Å². The van der Waals surface area contributed by atoms with Crippen molar-refractivity contribution in [3.8, 4) is 11.4 Å². The Kier molecular flexibility index (Phi) is 5.17. The van der Waals surface area contributed by atoms with E-state index in [9.17, 15) is 4.79 Å². The molecule has 1 saturated heterocycles. The van der Waals surface area contributed by atoms with Gasteiger partial charge >= 0.3 is 0 Å². The summed E-state index contributed by atoms with van der Waals surface area (Å²) >= 11 is 0. The number of aromatic nitrogens is 3. The minimum absolute atomic E-state index is 0.249. The van der Waals surface area contributed by atoms with E-state index >= 15 is 0 Å². The highest BCUT2D eigenvalue weighted by Crippen LogP contribution is 2.30. The number of amides is 1. The molecule has 2 aromatic heterocycles. The van der Waals surface area contributed by atoms with Gasteiger partial charge in [-0.1, -0.05) is 26.8 Å².